The van der Waals surface area contributed by atoms with Crippen LogP contribution in [-0.4, -0.2) is 23.1 Å². The molecule has 1 aromatic heterocycles. The van der Waals surface area contributed by atoms with Gasteiger partial charge in [0.2, 0.25) is 5.95 Å². The predicted molar refractivity (Wildman–Crippen MR) is 85.3 cm³/mol. The van der Waals surface area contributed by atoms with Crippen molar-refractivity contribution in [3.05, 3.63) is 40.5 Å². The third kappa shape index (κ3) is 3.32. The van der Waals surface area contributed by atoms with E-state index >= 15 is 0 Å². The van der Waals surface area contributed by atoms with Crippen molar-refractivity contribution in [2.75, 3.05) is 23.3 Å². The third-order valence-corrected chi connectivity index (χ3v) is 3.72. The van der Waals surface area contributed by atoms with Crippen LogP contribution in [0.1, 0.15) is 13.8 Å². The Kier molecular flexibility index (Phi) is 5.04. The van der Waals surface area contributed by atoms with Gasteiger partial charge in [-0.3, -0.25) is 0 Å². The molecule has 2 rings (SSSR count). The van der Waals surface area contributed by atoms with E-state index in [1.54, 1.807) is 18.3 Å². The van der Waals surface area contributed by atoms with E-state index in [0.717, 1.165) is 18.8 Å². The number of nitrogens with zero attached hydrogens (tertiary/aromatic N) is 3. The lowest BCUT2D eigenvalue weighted by Crippen LogP contribution is -2.24. The van der Waals surface area contributed by atoms with Crippen LogP contribution in [0.2, 0.25) is 10.0 Å². The van der Waals surface area contributed by atoms with Crippen LogP contribution in [0.5, 0.6) is 0 Å². The Morgan fingerprint density at radius 3 is 2.60 bits per heavy atom. The highest BCUT2D eigenvalue weighted by Crippen LogP contribution is 2.31. The number of benzene rings is 1. The fourth-order valence-electron chi connectivity index (χ4n) is 1.82. The van der Waals surface area contributed by atoms with Crippen LogP contribution >= 0.6 is 23.2 Å². The van der Waals surface area contributed by atoms with Crippen LogP contribution in [-0.2, 0) is 0 Å². The van der Waals surface area contributed by atoms with Gasteiger partial charge in [-0.25, -0.2) is 4.98 Å². The summed E-state index contributed by atoms with van der Waals surface area (Å²) in [6, 6.07) is 7.23. The molecule has 106 valence electrons. The van der Waals surface area contributed by atoms with E-state index in [0.29, 0.717) is 21.8 Å². The molecule has 1 aromatic carbocycles. The maximum absolute atomic E-state index is 6.15. The van der Waals surface area contributed by atoms with Crippen LogP contribution in [0.3, 0.4) is 0 Å². The zero-order chi connectivity index (χ0) is 14.5. The molecule has 0 unspecified atom stereocenters. The Balaban J connectivity index is 2.26. The van der Waals surface area contributed by atoms with Crippen LogP contribution in [0.25, 0.3) is 0 Å². The second kappa shape index (κ2) is 6.77. The molecule has 6 heteroatoms. The zero-order valence-corrected chi connectivity index (χ0v) is 12.9. The number of rotatable bonds is 5. The molecule has 0 radical (unpaired) electrons. The van der Waals surface area contributed by atoms with Crippen molar-refractivity contribution in [2.45, 2.75) is 13.8 Å². The molecule has 1 N–H and O–H groups in total. The van der Waals surface area contributed by atoms with Crippen molar-refractivity contribution >= 4 is 40.7 Å². The molecule has 1 heterocycles. The van der Waals surface area contributed by atoms with Crippen molar-refractivity contribution in [1.29, 1.82) is 0 Å². The summed E-state index contributed by atoms with van der Waals surface area (Å²) in [6.45, 7) is 5.86. The highest BCUT2D eigenvalue weighted by Gasteiger charge is 2.08. The largest absolute Gasteiger partial charge is 0.341 e. The van der Waals surface area contributed by atoms with E-state index in [2.05, 4.69) is 34.0 Å². The van der Waals surface area contributed by atoms with Gasteiger partial charge in [0.05, 0.1) is 15.7 Å². The molecule has 0 fully saturated rings. The first kappa shape index (κ1) is 14.9. The third-order valence-electron chi connectivity index (χ3n) is 2.90. The topological polar surface area (TPSA) is 41.1 Å². The van der Waals surface area contributed by atoms with Crippen LogP contribution in [0.15, 0.2) is 30.5 Å². The number of hydrogen-bond acceptors (Lipinski definition) is 4. The first-order chi connectivity index (χ1) is 9.65. The smallest absolute Gasteiger partial charge is 0.227 e. The fourth-order valence-corrected chi connectivity index (χ4v) is 2.16. The summed E-state index contributed by atoms with van der Waals surface area (Å²) in [7, 11) is 0. The number of aromatic nitrogens is 2. The molecule has 0 aliphatic heterocycles. The van der Waals surface area contributed by atoms with Crippen molar-refractivity contribution in [2.24, 2.45) is 0 Å². The van der Waals surface area contributed by atoms with Gasteiger partial charge in [0.1, 0.15) is 5.82 Å². The summed E-state index contributed by atoms with van der Waals surface area (Å²) in [5.74, 6) is 1.38. The molecule has 0 aliphatic rings. The number of hydrogen-bond donors (Lipinski definition) is 1. The second-order valence-corrected chi connectivity index (χ2v) is 4.93. The standard InChI is InChI=1S/C14H16Cl2N4/c1-3-20(4-2)14-17-9-8-12(19-14)18-11-7-5-6-10(15)13(11)16/h5-9H,3-4H2,1-2H3,(H,17,18,19). The summed E-state index contributed by atoms with van der Waals surface area (Å²) in [5.41, 5.74) is 0.725. The monoisotopic (exact) mass is 310 g/mol. The van der Waals surface area contributed by atoms with Gasteiger partial charge in [0.15, 0.2) is 0 Å². The Labute approximate surface area is 128 Å². The molecular weight excluding hydrogens is 295 g/mol. The summed E-state index contributed by atoms with van der Waals surface area (Å²) in [6.07, 6.45) is 1.72. The quantitative estimate of drug-likeness (QED) is 0.890. The number of halogens is 2. The lowest BCUT2D eigenvalue weighted by molar-refractivity contribution is 0.822. The SMILES string of the molecule is CCN(CC)c1nccc(Nc2cccc(Cl)c2Cl)n1. The molecule has 20 heavy (non-hydrogen) atoms. The van der Waals surface area contributed by atoms with Gasteiger partial charge in [0.25, 0.3) is 0 Å². The maximum Gasteiger partial charge on any atom is 0.227 e. The minimum Gasteiger partial charge on any atom is -0.341 e. The van der Waals surface area contributed by atoms with Crippen LogP contribution < -0.4 is 10.2 Å². The molecule has 0 saturated heterocycles. The molecule has 0 aliphatic carbocycles. The minimum atomic E-state index is 0.483. The van der Waals surface area contributed by atoms with Gasteiger partial charge < -0.3 is 10.2 Å². The lowest BCUT2D eigenvalue weighted by atomic mass is 10.3. The van der Waals surface area contributed by atoms with E-state index < -0.39 is 0 Å². The zero-order valence-electron chi connectivity index (χ0n) is 11.4. The van der Waals surface area contributed by atoms with E-state index in [-0.39, 0.29) is 0 Å². The summed E-state index contributed by atoms with van der Waals surface area (Å²) in [5, 5.41) is 4.15. The molecule has 2 aromatic rings. The maximum atomic E-state index is 6.15. The van der Waals surface area contributed by atoms with Crippen LogP contribution in [0, 0.1) is 0 Å². The van der Waals surface area contributed by atoms with Gasteiger partial charge in [-0.05, 0) is 32.0 Å². The second-order valence-electron chi connectivity index (χ2n) is 4.14. The lowest BCUT2D eigenvalue weighted by Gasteiger charge is -2.19. The van der Waals surface area contributed by atoms with E-state index in [4.69, 9.17) is 23.2 Å². The van der Waals surface area contributed by atoms with Gasteiger partial charge >= 0.3 is 0 Å². The highest BCUT2D eigenvalue weighted by atomic mass is 35.5. The Hall–Kier alpha value is -1.52. The molecule has 0 saturated carbocycles. The Morgan fingerprint density at radius 1 is 1.15 bits per heavy atom. The average Bonchev–Trinajstić information content (AvgIpc) is 2.46. The first-order valence-electron chi connectivity index (χ1n) is 6.44. The molecule has 4 nitrogen and oxygen atoms in total. The number of nitrogens with one attached hydrogen (secondary N) is 1. The molecule has 0 atom stereocenters. The van der Waals surface area contributed by atoms with Crippen molar-refractivity contribution in [1.82, 2.24) is 9.97 Å². The first-order valence-corrected chi connectivity index (χ1v) is 7.20. The minimum absolute atomic E-state index is 0.483. The van der Waals surface area contributed by atoms with E-state index in [1.165, 1.54) is 0 Å². The van der Waals surface area contributed by atoms with E-state index in [9.17, 15) is 0 Å². The van der Waals surface area contributed by atoms with Crippen molar-refractivity contribution < 1.29 is 0 Å². The Morgan fingerprint density at radius 2 is 1.90 bits per heavy atom. The Bertz CT molecular complexity index is 585. The normalized spacial score (nSPS) is 10.4. The molecule has 0 spiro atoms. The summed E-state index contributed by atoms with van der Waals surface area (Å²) >= 11 is 12.1. The summed E-state index contributed by atoms with van der Waals surface area (Å²) < 4.78 is 0. The van der Waals surface area contributed by atoms with Crippen LogP contribution in [0.4, 0.5) is 17.5 Å². The summed E-state index contributed by atoms with van der Waals surface area (Å²) in [4.78, 5) is 10.8. The van der Waals surface area contributed by atoms with E-state index in [1.807, 2.05) is 12.1 Å². The fraction of sp³-hybridized carbons (Fsp3) is 0.286. The van der Waals surface area contributed by atoms with Gasteiger partial charge in [-0.2, -0.15) is 4.98 Å². The molecule has 0 amide bonds. The van der Waals surface area contributed by atoms with Crippen molar-refractivity contribution in [3.8, 4) is 0 Å². The van der Waals surface area contributed by atoms with Gasteiger partial charge in [0, 0.05) is 19.3 Å². The van der Waals surface area contributed by atoms with Gasteiger partial charge in [-0.15, -0.1) is 0 Å². The molecule has 0 bridgehead atoms. The average molecular weight is 311 g/mol. The van der Waals surface area contributed by atoms with Crippen molar-refractivity contribution in [3.63, 3.8) is 0 Å². The molecular formula is C14H16Cl2N4. The van der Waals surface area contributed by atoms with Gasteiger partial charge in [-0.1, -0.05) is 29.3 Å². The predicted octanol–water partition coefficient (Wildman–Crippen LogP) is 4.37. The highest BCUT2D eigenvalue weighted by molar-refractivity contribution is 6.43. The number of anilines is 3.